The second-order valence-corrected chi connectivity index (χ2v) is 3.89. The fraction of sp³-hybridized carbons (Fsp3) is 0.889. The topological polar surface area (TPSA) is 49.6 Å². The number of hydrogen-bond acceptors (Lipinski definition) is 3. The number of carbonyl (C=O) groups excluding carboxylic acids is 1. The van der Waals surface area contributed by atoms with E-state index in [4.69, 9.17) is 5.73 Å². The van der Waals surface area contributed by atoms with Gasteiger partial charge in [0, 0.05) is 39.6 Å². The van der Waals surface area contributed by atoms with E-state index in [-0.39, 0.29) is 5.91 Å². The third-order valence-corrected chi connectivity index (χ3v) is 2.45. The Labute approximate surface area is 79.7 Å². The first-order valence-electron chi connectivity index (χ1n) is 4.77. The fourth-order valence-electron chi connectivity index (χ4n) is 1.54. The number of nitrogens with zero attached hydrogens (tertiary/aromatic N) is 2. The van der Waals surface area contributed by atoms with E-state index in [2.05, 4.69) is 4.90 Å². The summed E-state index contributed by atoms with van der Waals surface area (Å²) in [7, 11) is 3.58. The molecule has 0 saturated carbocycles. The lowest BCUT2D eigenvalue weighted by Gasteiger charge is -2.16. The van der Waals surface area contributed by atoms with Crippen LogP contribution in [0.5, 0.6) is 0 Å². The van der Waals surface area contributed by atoms with E-state index in [1.54, 1.807) is 19.0 Å². The minimum atomic E-state index is 0.195. The Morgan fingerprint density at radius 3 is 2.77 bits per heavy atom. The Kier molecular flexibility index (Phi) is 3.69. The standard InChI is InChI=1S/C9H19N3O/c1-11(2)9(13)4-6-12-5-3-8(10)7-12/h8H,3-7,10H2,1-2H3/t8-/m1/s1. The van der Waals surface area contributed by atoms with Crippen LogP contribution in [0.2, 0.25) is 0 Å². The first-order chi connectivity index (χ1) is 6.09. The highest BCUT2D eigenvalue weighted by Crippen LogP contribution is 2.07. The summed E-state index contributed by atoms with van der Waals surface area (Å²) >= 11 is 0. The third kappa shape index (κ3) is 3.32. The Morgan fingerprint density at radius 1 is 1.62 bits per heavy atom. The van der Waals surface area contributed by atoms with E-state index in [9.17, 15) is 4.79 Å². The molecular weight excluding hydrogens is 166 g/mol. The van der Waals surface area contributed by atoms with Crippen molar-refractivity contribution in [1.29, 1.82) is 0 Å². The molecule has 1 fully saturated rings. The van der Waals surface area contributed by atoms with E-state index in [1.165, 1.54) is 0 Å². The van der Waals surface area contributed by atoms with Gasteiger partial charge in [0.15, 0.2) is 0 Å². The van der Waals surface area contributed by atoms with Gasteiger partial charge in [0.2, 0.25) is 5.91 Å². The first kappa shape index (κ1) is 10.5. The van der Waals surface area contributed by atoms with Crippen LogP contribution < -0.4 is 5.73 Å². The smallest absolute Gasteiger partial charge is 0.223 e. The average molecular weight is 185 g/mol. The molecule has 1 aliphatic rings. The lowest BCUT2D eigenvalue weighted by molar-refractivity contribution is -0.128. The van der Waals surface area contributed by atoms with Crippen LogP contribution in [0.3, 0.4) is 0 Å². The van der Waals surface area contributed by atoms with E-state index in [1.807, 2.05) is 0 Å². The largest absolute Gasteiger partial charge is 0.349 e. The molecule has 0 aromatic heterocycles. The van der Waals surface area contributed by atoms with Crippen LogP contribution in [-0.2, 0) is 4.79 Å². The van der Waals surface area contributed by atoms with Gasteiger partial charge in [-0.15, -0.1) is 0 Å². The van der Waals surface area contributed by atoms with Crippen LogP contribution in [0.25, 0.3) is 0 Å². The van der Waals surface area contributed by atoms with E-state index in [0.29, 0.717) is 12.5 Å². The van der Waals surface area contributed by atoms with Gasteiger partial charge in [-0.25, -0.2) is 0 Å². The minimum absolute atomic E-state index is 0.195. The van der Waals surface area contributed by atoms with Crippen LogP contribution in [0.1, 0.15) is 12.8 Å². The number of amides is 1. The van der Waals surface area contributed by atoms with Crippen LogP contribution in [-0.4, -0.2) is 55.5 Å². The number of carbonyl (C=O) groups is 1. The van der Waals surface area contributed by atoms with E-state index < -0.39 is 0 Å². The maximum atomic E-state index is 11.2. The van der Waals surface area contributed by atoms with Crippen LogP contribution in [0.4, 0.5) is 0 Å². The van der Waals surface area contributed by atoms with Crippen molar-refractivity contribution >= 4 is 5.91 Å². The summed E-state index contributed by atoms with van der Waals surface area (Å²) < 4.78 is 0. The molecular formula is C9H19N3O. The van der Waals surface area contributed by atoms with Crippen molar-refractivity contribution in [3.05, 3.63) is 0 Å². The quantitative estimate of drug-likeness (QED) is 0.645. The lowest BCUT2D eigenvalue weighted by Crippen LogP contribution is -2.31. The molecule has 13 heavy (non-hydrogen) atoms. The van der Waals surface area contributed by atoms with Crippen molar-refractivity contribution in [2.24, 2.45) is 5.73 Å². The van der Waals surface area contributed by atoms with Crippen molar-refractivity contribution in [3.63, 3.8) is 0 Å². The lowest BCUT2D eigenvalue weighted by atomic mass is 10.3. The van der Waals surface area contributed by atoms with Gasteiger partial charge in [0.05, 0.1) is 0 Å². The molecule has 4 heteroatoms. The SMILES string of the molecule is CN(C)C(=O)CCN1CC[C@@H](N)C1. The molecule has 0 aromatic carbocycles. The Bertz CT molecular complexity index is 182. The van der Waals surface area contributed by atoms with Gasteiger partial charge in [0.25, 0.3) is 0 Å². The van der Waals surface area contributed by atoms with Crippen LogP contribution >= 0.6 is 0 Å². The Morgan fingerprint density at radius 2 is 2.31 bits per heavy atom. The second-order valence-electron chi connectivity index (χ2n) is 3.89. The highest BCUT2D eigenvalue weighted by atomic mass is 16.2. The van der Waals surface area contributed by atoms with Crippen LogP contribution in [0.15, 0.2) is 0 Å². The molecule has 0 spiro atoms. The zero-order chi connectivity index (χ0) is 9.84. The molecule has 1 amide bonds. The fourth-order valence-corrected chi connectivity index (χ4v) is 1.54. The molecule has 4 nitrogen and oxygen atoms in total. The maximum absolute atomic E-state index is 11.2. The molecule has 0 bridgehead atoms. The molecule has 1 atom stereocenters. The van der Waals surface area contributed by atoms with Crippen molar-refractivity contribution in [3.8, 4) is 0 Å². The predicted molar refractivity (Wildman–Crippen MR) is 52.3 cm³/mol. The summed E-state index contributed by atoms with van der Waals surface area (Å²) in [5.74, 6) is 0.195. The predicted octanol–water partition coefficient (Wildman–Crippen LogP) is -0.502. The highest BCUT2D eigenvalue weighted by molar-refractivity contribution is 5.75. The second kappa shape index (κ2) is 4.58. The van der Waals surface area contributed by atoms with Crippen molar-refractivity contribution in [2.45, 2.75) is 18.9 Å². The summed E-state index contributed by atoms with van der Waals surface area (Å²) in [5, 5.41) is 0. The first-order valence-corrected chi connectivity index (χ1v) is 4.77. The summed E-state index contributed by atoms with van der Waals surface area (Å²) in [6.45, 7) is 2.84. The number of hydrogen-bond donors (Lipinski definition) is 1. The van der Waals surface area contributed by atoms with Gasteiger partial charge in [-0.05, 0) is 13.0 Å². The summed E-state index contributed by atoms with van der Waals surface area (Å²) in [6.07, 6.45) is 1.68. The molecule has 0 unspecified atom stereocenters. The summed E-state index contributed by atoms with van der Waals surface area (Å²) in [4.78, 5) is 15.1. The highest BCUT2D eigenvalue weighted by Gasteiger charge is 2.19. The number of rotatable bonds is 3. The monoisotopic (exact) mass is 185 g/mol. The molecule has 2 N–H and O–H groups in total. The van der Waals surface area contributed by atoms with Gasteiger partial charge >= 0.3 is 0 Å². The van der Waals surface area contributed by atoms with Gasteiger partial charge in [-0.2, -0.15) is 0 Å². The molecule has 1 aliphatic heterocycles. The van der Waals surface area contributed by atoms with Crippen molar-refractivity contribution in [2.75, 3.05) is 33.7 Å². The normalized spacial score (nSPS) is 23.5. The molecule has 1 saturated heterocycles. The van der Waals surface area contributed by atoms with Gasteiger partial charge in [0.1, 0.15) is 0 Å². The molecule has 0 radical (unpaired) electrons. The van der Waals surface area contributed by atoms with Gasteiger partial charge in [-0.3, -0.25) is 4.79 Å². The van der Waals surface area contributed by atoms with E-state index >= 15 is 0 Å². The molecule has 0 aromatic rings. The maximum Gasteiger partial charge on any atom is 0.223 e. The zero-order valence-corrected chi connectivity index (χ0v) is 8.49. The summed E-state index contributed by atoms with van der Waals surface area (Å²) in [6, 6.07) is 0.314. The van der Waals surface area contributed by atoms with Gasteiger partial charge < -0.3 is 15.5 Å². The third-order valence-electron chi connectivity index (χ3n) is 2.45. The zero-order valence-electron chi connectivity index (χ0n) is 8.49. The Balaban J connectivity index is 2.16. The van der Waals surface area contributed by atoms with Crippen molar-refractivity contribution < 1.29 is 4.79 Å². The van der Waals surface area contributed by atoms with Gasteiger partial charge in [-0.1, -0.05) is 0 Å². The van der Waals surface area contributed by atoms with E-state index in [0.717, 1.165) is 26.1 Å². The molecule has 0 aliphatic carbocycles. The van der Waals surface area contributed by atoms with Crippen molar-refractivity contribution in [1.82, 2.24) is 9.80 Å². The molecule has 1 heterocycles. The Hall–Kier alpha value is -0.610. The van der Waals surface area contributed by atoms with Crippen LogP contribution in [0, 0.1) is 0 Å². The average Bonchev–Trinajstić information content (AvgIpc) is 2.47. The number of nitrogens with two attached hydrogens (primary N) is 1. The minimum Gasteiger partial charge on any atom is -0.349 e. The molecule has 76 valence electrons. The number of likely N-dealkylation sites (tertiary alicyclic amines) is 1. The molecule has 1 rings (SSSR count). The summed E-state index contributed by atoms with van der Waals surface area (Å²) in [5.41, 5.74) is 5.75.